The summed E-state index contributed by atoms with van der Waals surface area (Å²) in [5.74, 6) is 0. The van der Waals surface area contributed by atoms with Crippen LogP contribution in [-0.4, -0.2) is 16.3 Å². The number of alkyl halides is 3. The topological polar surface area (TPSA) is 59.1 Å². The van der Waals surface area contributed by atoms with Crippen molar-refractivity contribution in [2.75, 3.05) is 0 Å². The molecule has 3 N–H and O–H groups in total. The van der Waals surface area contributed by atoms with E-state index in [9.17, 15) is 18.3 Å². The molecule has 0 aliphatic rings. The van der Waals surface area contributed by atoms with Gasteiger partial charge in [0.25, 0.3) is 0 Å². The Morgan fingerprint density at radius 2 is 1.81 bits per heavy atom. The average molecular weight is 463 g/mol. The van der Waals surface area contributed by atoms with Gasteiger partial charge in [0.2, 0.25) is 0 Å². The van der Waals surface area contributed by atoms with Gasteiger partial charge in [0.15, 0.2) is 5.60 Å². The van der Waals surface area contributed by atoms with E-state index < -0.39 is 17.8 Å². The molecule has 0 bridgehead atoms. The Bertz CT molecular complexity index is 1250. The molecule has 0 unspecified atom stereocenters. The normalized spacial score (nSPS) is 15.1. The first-order valence-electron chi connectivity index (χ1n) is 9.38. The first-order valence-corrected chi connectivity index (χ1v) is 10.6. The molecule has 8 heteroatoms. The molecule has 0 fully saturated rings. The predicted octanol–water partition coefficient (Wildman–Crippen LogP) is 6.43. The van der Waals surface area contributed by atoms with Crippen LogP contribution in [0.3, 0.4) is 0 Å². The Balaban J connectivity index is 1.80. The number of pyridine rings is 1. The molecule has 4 rings (SSSR count). The van der Waals surface area contributed by atoms with Crippen molar-refractivity contribution in [1.29, 1.82) is 0 Å². The third-order valence-corrected chi connectivity index (χ3v) is 6.87. The molecule has 4 aromatic rings. The Labute approximate surface area is 185 Å². The lowest BCUT2D eigenvalue weighted by Crippen LogP contribution is -2.39. The van der Waals surface area contributed by atoms with Crippen LogP contribution in [0.4, 0.5) is 13.2 Å². The van der Waals surface area contributed by atoms with Crippen molar-refractivity contribution in [3.63, 3.8) is 0 Å². The maximum atomic E-state index is 13.3. The van der Waals surface area contributed by atoms with E-state index in [4.69, 9.17) is 17.3 Å². The van der Waals surface area contributed by atoms with Gasteiger partial charge in [-0.25, -0.2) is 0 Å². The van der Waals surface area contributed by atoms with E-state index >= 15 is 0 Å². The molecule has 3 nitrogen and oxygen atoms in total. The molecule has 31 heavy (non-hydrogen) atoms. The van der Waals surface area contributed by atoms with Crippen molar-refractivity contribution >= 4 is 33.0 Å². The van der Waals surface area contributed by atoms with Gasteiger partial charge < -0.3 is 10.8 Å². The highest BCUT2D eigenvalue weighted by atomic mass is 35.5. The van der Waals surface area contributed by atoms with E-state index in [1.54, 1.807) is 12.1 Å². The quantitative estimate of drug-likeness (QED) is 0.367. The molecule has 0 amide bonds. The van der Waals surface area contributed by atoms with Gasteiger partial charge >= 0.3 is 6.18 Å². The lowest BCUT2D eigenvalue weighted by Gasteiger charge is -2.26. The second-order valence-electron chi connectivity index (χ2n) is 7.37. The molecule has 2 atom stereocenters. The summed E-state index contributed by atoms with van der Waals surface area (Å²) in [7, 11) is 0. The monoisotopic (exact) mass is 462 g/mol. The van der Waals surface area contributed by atoms with Crippen LogP contribution in [0.25, 0.3) is 21.3 Å². The highest BCUT2D eigenvalue weighted by molar-refractivity contribution is 7.19. The van der Waals surface area contributed by atoms with E-state index in [2.05, 4.69) is 4.98 Å². The Morgan fingerprint density at radius 1 is 1.06 bits per heavy atom. The van der Waals surface area contributed by atoms with Gasteiger partial charge in [-0.05, 0) is 47.7 Å². The van der Waals surface area contributed by atoms with E-state index in [0.717, 1.165) is 27.5 Å². The number of rotatable bonds is 4. The van der Waals surface area contributed by atoms with Crippen LogP contribution < -0.4 is 5.73 Å². The highest BCUT2D eigenvalue weighted by Gasteiger charge is 2.51. The number of aromatic nitrogens is 1. The molecule has 0 aliphatic heterocycles. The third-order valence-electron chi connectivity index (χ3n) is 5.26. The first-order chi connectivity index (χ1) is 14.6. The zero-order valence-corrected chi connectivity index (χ0v) is 17.9. The van der Waals surface area contributed by atoms with Crippen molar-refractivity contribution < 1.29 is 18.3 Å². The smallest absolute Gasteiger partial charge is 0.376 e. The number of halogens is 4. The lowest BCUT2D eigenvalue weighted by atomic mass is 9.94. The van der Waals surface area contributed by atoms with Gasteiger partial charge in [0, 0.05) is 26.4 Å². The highest BCUT2D eigenvalue weighted by Crippen LogP contribution is 2.41. The zero-order chi connectivity index (χ0) is 22.4. The molecule has 0 saturated carbocycles. The Hall–Kier alpha value is -2.45. The number of fused-ring (bicyclic) bond motifs is 1. The largest absolute Gasteiger partial charge is 0.421 e. The van der Waals surface area contributed by atoms with Crippen LogP contribution >= 0.6 is 22.9 Å². The summed E-state index contributed by atoms with van der Waals surface area (Å²) < 4.78 is 40.7. The van der Waals surface area contributed by atoms with Crippen LogP contribution in [0.2, 0.25) is 5.02 Å². The minimum absolute atomic E-state index is 0.272. The fourth-order valence-corrected chi connectivity index (χ4v) is 4.82. The van der Waals surface area contributed by atoms with Gasteiger partial charge in [0.1, 0.15) is 0 Å². The van der Waals surface area contributed by atoms with Gasteiger partial charge in [-0.3, -0.25) is 4.98 Å². The van der Waals surface area contributed by atoms with E-state index in [1.165, 1.54) is 29.7 Å². The summed E-state index contributed by atoms with van der Waals surface area (Å²) in [6.07, 6.45) is -3.54. The number of aliphatic hydroxyl groups is 1. The van der Waals surface area contributed by atoms with Crippen molar-refractivity contribution in [3.8, 4) is 11.3 Å². The second kappa shape index (κ2) is 7.91. The van der Waals surface area contributed by atoms with Gasteiger partial charge in [-0.1, -0.05) is 48.0 Å². The van der Waals surface area contributed by atoms with Crippen LogP contribution in [0.1, 0.15) is 29.0 Å². The molecule has 160 valence electrons. The molecular weight excluding hydrogens is 445 g/mol. The first kappa shape index (κ1) is 21.8. The molecular formula is C23H18ClF3N2OS. The minimum atomic E-state index is -4.81. The SMILES string of the molecule is C[C@@](O)(c1ccnc(-c2cccc3cc([C@@H](N)c4ccccc4Cl)sc23)c1)C(F)(F)F. The summed E-state index contributed by atoms with van der Waals surface area (Å²) in [5.41, 5.74) is 5.00. The van der Waals surface area contributed by atoms with Crippen molar-refractivity contribution in [2.45, 2.75) is 24.7 Å². The standard InChI is InChI=1S/C23H18ClF3N2OS/c1-22(30,23(25,26)27)14-9-10-29-18(12-14)16-7-4-5-13-11-19(31-21(13)16)20(28)15-6-2-3-8-17(15)24/h2-12,20,30H,28H2,1H3/t20-,22+/m0/s1. The summed E-state index contributed by atoms with van der Waals surface area (Å²) in [6.45, 7) is 0.735. The third kappa shape index (κ3) is 3.94. The number of benzene rings is 2. The predicted molar refractivity (Wildman–Crippen MR) is 118 cm³/mol. The molecule has 0 spiro atoms. The van der Waals surface area contributed by atoms with Crippen LogP contribution in [0.15, 0.2) is 66.9 Å². The summed E-state index contributed by atoms with van der Waals surface area (Å²) in [5, 5.41) is 11.5. The molecule has 2 aromatic heterocycles. The average Bonchev–Trinajstić information content (AvgIpc) is 3.17. The van der Waals surface area contributed by atoms with Crippen LogP contribution in [0, 0.1) is 0 Å². The number of thiophene rings is 1. The fourth-order valence-electron chi connectivity index (χ4n) is 3.36. The number of hydrogen-bond donors (Lipinski definition) is 2. The van der Waals surface area contributed by atoms with Gasteiger partial charge in [0.05, 0.1) is 11.7 Å². The van der Waals surface area contributed by atoms with Crippen molar-refractivity contribution in [3.05, 3.63) is 87.9 Å². The number of hydrogen-bond acceptors (Lipinski definition) is 4. The zero-order valence-electron chi connectivity index (χ0n) is 16.3. The maximum absolute atomic E-state index is 13.3. The van der Waals surface area contributed by atoms with E-state index in [0.29, 0.717) is 16.3 Å². The van der Waals surface area contributed by atoms with E-state index in [1.807, 2.05) is 36.4 Å². The summed E-state index contributed by atoms with van der Waals surface area (Å²) in [4.78, 5) is 5.13. The maximum Gasteiger partial charge on any atom is 0.421 e. The molecule has 2 aromatic carbocycles. The number of nitrogens with zero attached hydrogens (tertiary/aromatic N) is 1. The molecule has 0 aliphatic carbocycles. The molecule has 2 heterocycles. The van der Waals surface area contributed by atoms with Gasteiger partial charge in [-0.2, -0.15) is 13.2 Å². The number of nitrogens with two attached hydrogens (primary N) is 1. The second-order valence-corrected chi connectivity index (χ2v) is 8.86. The van der Waals surface area contributed by atoms with E-state index in [-0.39, 0.29) is 5.56 Å². The minimum Gasteiger partial charge on any atom is -0.376 e. The molecule has 0 saturated heterocycles. The Kier molecular flexibility index (Phi) is 5.55. The lowest BCUT2D eigenvalue weighted by molar-refractivity contribution is -0.258. The van der Waals surface area contributed by atoms with Crippen molar-refractivity contribution in [1.82, 2.24) is 4.98 Å². The molecule has 0 radical (unpaired) electrons. The summed E-state index contributed by atoms with van der Waals surface area (Å²) >= 11 is 7.73. The Morgan fingerprint density at radius 3 is 2.52 bits per heavy atom. The van der Waals surface area contributed by atoms with Crippen LogP contribution in [0.5, 0.6) is 0 Å². The fraction of sp³-hybridized carbons (Fsp3) is 0.174. The van der Waals surface area contributed by atoms with Crippen molar-refractivity contribution in [2.24, 2.45) is 5.73 Å². The summed E-state index contributed by atoms with van der Waals surface area (Å²) in [6, 6.07) is 16.8. The van der Waals surface area contributed by atoms with Gasteiger partial charge in [-0.15, -0.1) is 11.3 Å². The van der Waals surface area contributed by atoms with Crippen LogP contribution in [-0.2, 0) is 5.60 Å².